The molecule has 1 aromatic heterocycles. The number of hydrogen-bond acceptors (Lipinski definition) is 2. The van der Waals surface area contributed by atoms with E-state index in [9.17, 15) is 0 Å². The average molecular weight is 271 g/mol. The number of imidazole rings is 1. The SMILES string of the molecule is Cc1ccc(-c2cnc(CCCCCCN)[nH]2)c(C)c1. The van der Waals surface area contributed by atoms with Gasteiger partial charge in [-0.15, -0.1) is 0 Å². The Balaban J connectivity index is 1.95. The molecule has 0 aliphatic heterocycles. The van der Waals surface area contributed by atoms with Crippen molar-refractivity contribution in [2.75, 3.05) is 6.54 Å². The van der Waals surface area contributed by atoms with E-state index in [1.54, 1.807) is 0 Å². The summed E-state index contributed by atoms with van der Waals surface area (Å²) in [4.78, 5) is 7.94. The van der Waals surface area contributed by atoms with E-state index in [0.717, 1.165) is 30.9 Å². The molecule has 0 radical (unpaired) electrons. The summed E-state index contributed by atoms with van der Waals surface area (Å²) >= 11 is 0. The first kappa shape index (κ1) is 14.8. The quantitative estimate of drug-likeness (QED) is 0.753. The van der Waals surface area contributed by atoms with Crippen LogP contribution in [0.25, 0.3) is 11.3 Å². The lowest BCUT2D eigenvalue weighted by Gasteiger charge is -2.04. The second kappa shape index (κ2) is 7.25. The highest BCUT2D eigenvalue weighted by Crippen LogP contribution is 2.22. The van der Waals surface area contributed by atoms with Gasteiger partial charge in [0.1, 0.15) is 5.82 Å². The molecule has 0 spiro atoms. The van der Waals surface area contributed by atoms with E-state index in [1.807, 2.05) is 6.20 Å². The van der Waals surface area contributed by atoms with E-state index in [-0.39, 0.29) is 0 Å². The zero-order valence-electron chi connectivity index (χ0n) is 12.6. The van der Waals surface area contributed by atoms with Crippen LogP contribution in [0.1, 0.15) is 42.6 Å². The van der Waals surface area contributed by atoms with Gasteiger partial charge in [0.15, 0.2) is 0 Å². The number of nitrogens with zero attached hydrogens (tertiary/aromatic N) is 1. The van der Waals surface area contributed by atoms with Gasteiger partial charge in [0.25, 0.3) is 0 Å². The lowest BCUT2D eigenvalue weighted by atomic mass is 10.0. The summed E-state index contributed by atoms with van der Waals surface area (Å²) in [6, 6.07) is 6.53. The van der Waals surface area contributed by atoms with Crippen LogP contribution in [0.4, 0.5) is 0 Å². The Bertz CT molecular complexity index is 543. The molecule has 20 heavy (non-hydrogen) atoms. The molecular formula is C17H25N3. The summed E-state index contributed by atoms with van der Waals surface area (Å²) in [6.07, 6.45) is 7.74. The smallest absolute Gasteiger partial charge is 0.106 e. The summed E-state index contributed by atoms with van der Waals surface area (Å²) in [5.74, 6) is 1.09. The molecule has 2 aromatic rings. The predicted molar refractivity (Wildman–Crippen MR) is 84.7 cm³/mol. The van der Waals surface area contributed by atoms with E-state index in [1.165, 1.54) is 36.0 Å². The number of nitrogens with two attached hydrogens (primary N) is 1. The predicted octanol–water partition coefficient (Wildman–Crippen LogP) is 3.76. The molecule has 3 nitrogen and oxygen atoms in total. The molecule has 0 amide bonds. The van der Waals surface area contributed by atoms with Gasteiger partial charge in [-0.1, -0.05) is 36.6 Å². The molecule has 1 aromatic carbocycles. The van der Waals surface area contributed by atoms with Gasteiger partial charge < -0.3 is 10.7 Å². The Morgan fingerprint density at radius 3 is 2.65 bits per heavy atom. The van der Waals surface area contributed by atoms with Gasteiger partial charge in [0.05, 0.1) is 11.9 Å². The first-order valence-corrected chi connectivity index (χ1v) is 7.52. The van der Waals surface area contributed by atoms with Crippen molar-refractivity contribution in [1.82, 2.24) is 9.97 Å². The monoisotopic (exact) mass is 271 g/mol. The normalized spacial score (nSPS) is 10.9. The van der Waals surface area contributed by atoms with Crippen LogP contribution in [0.5, 0.6) is 0 Å². The number of unbranched alkanes of at least 4 members (excludes halogenated alkanes) is 3. The van der Waals surface area contributed by atoms with Gasteiger partial charge >= 0.3 is 0 Å². The van der Waals surface area contributed by atoms with Crippen molar-refractivity contribution in [1.29, 1.82) is 0 Å². The zero-order valence-corrected chi connectivity index (χ0v) is 12.6. The van der Waals surface area contributed by atoms with E-state index >= 15 is 0 Å². The number of hydrogen-bond donors (Lipinski definition) is 2. The number of benzene rings is 1. The Labute approximate surface area is 121 Å². The zero-order chi connectivity index (χ0) is 14.4. The fraction of sp³-hybridized carbons (Fsp3) is 0.471. The molecular weight excluding hydrogens is 246 g/mol. The largest absolute Gasteiger partial charge is 0.342 e. The van der Waals surface area contributed by atoms with Gasteiger partial charge in [0.2, 0.25) is 0 Å². The van der Waals surface area contributed by atoms with Crippen LogP contribution in [0.15, 0.2) is 24.4 Å². The van der Waals surface area contributed by atoms with Crippen molar-refractivity contribution in [3.05, 3.63) is 41.3 Å². The molecule has 0 aliphatic carbocycles. The maximum absolute atomic E-state index is 5.50. The summed E-state index contributed by atoms with van der Waals surface area (Å²) in [5.41, 5.74) is 10.5. The van der Waals surface area contributed by atoms with Crippen LogP contribution in [0, 0.1) is 13.8 Å². The van der Waals surface area contributed by atoms with Gasteiger partial charge in [-0.05, 0) is 38.8 Å². The molecule has 2 rings (SSSR count). The maximum Gasteiger partial charge on any atom is 0.106 e. The van der Waals surface area contributed by atoms with E-state index < -0.39 is 0 Å². The van der Waals surface area contributed by atoms with Crippen molar-refractivity contribution >= 4 is 0 Å². The minimum atomic E-state index is 0.803. The van der Waals surface area contributed by atoms with Crippen LogP contribution in [-0.4, -0.2) is 16.5 Å². The van der Waals surface area contributed by atoms with Crippen LogP contribution in [0.2, 0.25) is 0 Å². The van der Waals surface area contributed by atoms with Crippen molar-refractivity contribution < 1.29 is 0 Å². The Morgan fingerprint density at radius 1 is 1.10 bits per heavy atom. The number of aromatic amines is 1. The molecule has 0 bridgehead atoms. The Hall–Kier alpha value is -1.61. The number of H-pyrrole nitrogens is 1. The highest BCUT2D eigenvalue weighted by Gasteiger charge is 2.06. The van der Waals surface area contributed by atoms with Gasteiger partial charge in [0, 0.05) is 12.0 Å². The fourth-order valence-electron chi connectivity index (χ4n) is 2.53. The third kappa shape index (κ3) is 3.94. The molecule has 0 atom stereocenters. The number of aromatic nitrogens is 2. The minimum absolute atomic E-state index is 0.803. The van der Waals surface area contributed by atoms with Crippen molar-refractivity contribution in [3.8, 4) is 11.3 Å². The molecule has 0 unspecified atom stereocenters. The summed E-state index contributed by atoms with van der Waals surface area (Å²) in [5, 5.41) is 0. The van der Waals surface area contributed by atoms with Crippen molar-refractivity contribution in [2.45, 2.75) is 46.0 Å². The second-order valence-electron chi connectivity index (χ2n) is 5.51. The van der Waals surface area contributed by atoms with Crippen LogP contribution >= 0.6 is 0 Å². The van der Waals surface area contributed by atoms with E-state index in [4.69, 9.17) is 5.73 Å². The van der Waals surface area contributed by atoms with Crippen LogP contribution in [-0.2, 0) is 6.42 Å². The van der Waals surface area contributed by atoms with Gasteiger partial charge in [-0.2, -0.15) is 0 Å². The minimum Gasteiger partial charge on any atom is -0.342 e. The molecule has 3 N–H and O–H groups in total. The van der Waals surface area contributed by atoms with E-state index in [2.05, 4.69) is 42.0 Å². The fourth-order valence-corrected chi connectivity index (χ4v) is 2.53. The first-order chi connectivity index (χ1) is 9.70. The molecule has 0 saturated heterocycles. The molecule has 0 aliphatic rings. The summed E-state index contributed by atoms with van der Waals surface area (Å²) in [7, 11) is 0. The molecule has 1 heterocycles. The van der Waals surface area contributed by atoms with Gasteiger partial charge in [-0.25, -0.2) is 4.98 Å². The second-order valence-corrected chi connectivity index (χ2v) is 5.51. The standard InChI is InChI=1S/C17H25N3/c1-13-8-9-15(14(2)11-13)16-12-19-17(20-16)7-5-3-4-6-10-18/h8-9,11-12H,3-7,10,18H2,1-2H3,(H,19,20). The number of nitrogens with one attached hydrogen (secondary N) is 1. The Morgan fingerprint density at radius 2 is 1.90 bits per heavy atom. The first-order valence-electron chi connectivity index (χ1n) is 7.52. The number of rotatable bonds is 7. The van der Waals surface area contributed by atoms with Crippen LogP contribution in [0.3, 0.4) is 0 Å². The van der Waals surface area contributed by atoms with Crippen molar-refractivity contribution in [3.63, 3.8) is 0 Å². The Kier molecular flexibility index (Phi) is 5.36. The molecule has 0 saturated carbocycles. The molecule has 3 heteroatoms. The van der Waals surface area contributed by atoms with E-state index in [0.29, 0.717) is 0 Å². The molecule has 0 fully saturated rings. The summed E-state index contributed by atoms with van der Waals surface area (Å²) < 4.78 is 0. The summed E-state index contributed by atoms with van der Waals surface area (Å²) in [6.45, 7) is 5.07. The third-order valence-electron chi connectivity index (χ3n) is 3.67. The molecule has 108 valence electrons. The lowest BCUT2D eigenvalue weighted by Crippen LogP contribution is -1.98. The lowest BCUT2D eigenvalue weighted by molar-refractivity contribution is 0.638. The highest BCUT2D eigenvalue weighted by atomic mass is 14.9. The topological polar surface area (TPSA) is 54.7 Å². The average Bonchev–Trinajstić information content (AvgIpc) is 2.87. The van der Waals surface area contributed by atoms with Crippen molar-refractivity contribution in [2.24, 2.45) is 5.73 Å². The number of aryl methyl sites for hydroxylation is 3. The van der Waals surface area contributed by atoms with Crippen LogP contribution < -0.4 is 5.73 Å². The maximum atomic E-state index is 5.50. The third-order valence-corrected chi connectivity index (χ3v) is 3.67. The van der Waals surface area contributed by atoms with Gasteiger partial charge in [-0.3, -0.25) is 0 Å². The highest BCUT2D eigenvalue weighted by molar-refractivity contribution is 5.63.